The average molecular weight is 237 g/mol. The number of aliphatic hydroxyl groups is 1. The normalized spacial score (nSPS) is 19.4. The fraction of sp³-hybridized carbons (Fsp3) is 0.417. The van der Waals surface area contributed by atoms with Gasteiger partial charge in [-0.05, 0) is 12.1 Å². The van der Waals surface area contributed by atoms with E-state index in [2.05, 4.69) is 0 Å². The van der Waals surface area contributed by atoms with Gasteiger partial charge in [0.15, 0.2) is 0 Å². The topological polar surface area (TPSA) is 59.0 Å². The van der Waals surface area contributed by atoms with Gasteiger partial charge in [-0.1, -0.05) is 18.2 Å². The first-order valence-electron chi connectivity index (χ1n) is 5.55. The molecule has 0 saturated carbocycles. The predicted molar refractivity (Wildman–Crippen MR) is 60.2 cm³/mol. The summed E-state index contributed by atoms with van der Waals surface area (Å²) in [7, 11) is 0. The number of para-hydroxylation sites is 1. The maximum absolute atomic E-state index is 11.6. The van der Waals surface area contributed by atoms with Gasteiger partial charge in [0.1, 0.15) is 12.4 Å². The van der Waals surface area contributed by atoms with Gasteiger partial charge in [-0.3, -0.25) is 9.63 Å². The number of amides is 1. The molecule has 0 aromatic heterocycles. The molecule has 0 radical (unpaired) electrons. The van der Waals surface area contributed by atoms with Gasteiger partial charge >= 0.3 is 0 Å². The Labute approximate surface area is 99.5 Å². The maximum atomic E-state index is 11.6. The number of ether oxygens (including phenoxy) is 1. The molecule has 5 heteroatoms. The molecule has 17 heavy (non-hydrogen) atoms. The minimum absolute atomic E-state index is 0.169. The molecule has 0 spiro atoms. The number of nitrogens with zero attached hydrogens (tertiary/aromatic N) is 1. The second-order valence-electron chi connectivity index (χ2n) is 3.82. The van der Waals surface area contributed by atoms with Gasteiger partial charge in [0, 0.05) is 0 Å². The summed E-state index contributed by atoms with van der Waals surface area (Å²) in [6.07, 6.45) is -0.337. The minimum Gasteiger partial charge on any atom is -0.493 e. The Balaban J connectivity index is 1.70. The van der Waals surface area contributed by atoms with Crippen LogP contribution in [-0.4, -0.2) is 41.9 Å². The molecule has 1 N–H and O–H groups in total. The number of carbonyl (C=O) groups is 1. The smallest absolute Gasteiger partial charge is 0.249 e. The minimum atomic E-state index is -0.575. The van der Waals surface area contributed by atoms with Crippen molar-refractivity contribution in [3.05, 3.63) is 30.3 Å². The van der Waals surface area contributed by atoms with E-state index in [1.165, 1.54) is 5.06 Å². The molecular weight excluding hydrogens is 222 g/mol. The standard InChI is InChI=1S/C12H15NO4/c14-10-8-13(17-9-10)12(15)6-7-16-11-4-2-1-3-5-11/h1-5,10,14H,6-9H2. The Hall–Kier alpha value is -1.59. The summed E-state index contributed by atoms with van der Waals surface area (Å²) in [6, 6.07) is 9.31. The van der Waals surface area contributed by atoms with E-state index < -0.39 is 6.10 Å². The molecule has 1 fully saturated rings. The summed E-state index contributed by atoms with van der Waals surface area (Å²) >= 11 is 0. The van der Waals surface area contributed by atoms with Crippen molar-refractivity contribution >= 4 is 5.91 Å². The van der Waals surface area contributed by atoms with Gasteiger partial charge in [0.25, 0.3) is 0 Å². The summed E-state index contributed by atoms with van der Waals surface area (Å²) in [4.78, 5) is 16.6. The molecule has 92 valence electrons. The summed E-state index contributed by atoms with van der Waals surface area (Å²) in [6.45, 7) is 0.730. The summed E-state index contributed by atoms with van der Waals surface area (Å²) in [5, 5.41) is 10.4. The number of aliphatic hydroxyl groups excluding tert-OH is 1. The second kappa shape index (κ2) is 5.65. The lowest BCUT2D eigenvalue weighted by Crippen LogP contribution is -2.29. The van der Waals surface area contributed by atoms with Crippen molar-refractivity contribution in [1.29, 1.82) is 0 Å². The number of β-amino-alcohol motifs (C(OH)–C–C–N with tert-alkyl or cyclic N) is 1. The largest absolute Gasteiger partial charge is 0.493 e. The van der Waals surface area contributed by atoms with Crippen LogP contribution < -0.4 is 4.74 Å². The van der Waals surface area contributed by atoms with E-state index in [-0.39, 0.29) is 25.5 Å². The first kappa shape index (κ1) is 11.9. The highest BCUT2D eigenvalue weighted by Crippen LogP contribution is 2.10. The van der Waals surface area contributed by atoms with E-state index >= 15 is 0 Å². The van der Waals surface area contributed by atoms with E-state index in [1.807, 2.05) is 30.3 Å². The number of hydroxylamine groups is 2. The number of rotatable bonds is 4. The van der Waals surface area contributed by atoms with Crippen LogP contribution in [0.2, 0.25) is 0 Å². The van der Waals surface area contributed by atoms with Gasteiger partial charge < -0.3 is 9.84 Å². The van der Waals surface area contributed by atoms with Crippen molar-refractivity contribution in [2.75, 3.05) is 19.8 Å². The molecule has 1 atom stereocenters. The molecule has 1 saturated heterocycles. The number of carbonyl (C=O) groups excluding carboxylic acids is 1. The van der Waals surface area contributed by atoms with Crippen LogP contribution in [0.25, 0.3) is 0 Å². The first-order valence-corrected chi connectivity index (χ1v) is 5.55. The molecule has 1 aromatic carbocycles. The lowest BCUT2D eigenvalue weighted by molar-refractivity contribution is -0.169. The van der Waals surface area contributed by atoms with Gasteiger partial charge in [0.2, 0.25) is 5.91 Å². The monoisotopic (exact) mass is 237 g/mol. The molecule has 2 rings (SSSR count). The first-order chi connectivity index (χ1) is 8.25. The fourth-order valence-electron chi connectivity index (χ4n) is 1.54. The van der Waals surface area contributed by atoms with Crippen LogP contribution in [0.3, 0.4) is 0 Å². The van der Waals surface area contributed by atoms with Crippen LogP contribution in [0.5, 0.6) is 5.75 Å². The summed E-state index contributed by atoms with van der Waals surface area (Å²) in [5.74, 6) is 0.570. The van der Waals surface area contributed by atoms with Crippen LogP contribution in [0, 0.1) is 0 Å². The Morgan fingerprint density at radius 1 is 1.47 bits per heavy atom. The van der Waals surface area contributed by atoms with Crippen LogP contribution in [0.4, 0.5) is 0 Å². The molecule has 1 aliphatic heterocycles. The maximum Gasteiger partial charge on any atom is 0.249 e. The molecule has 1 heterocycles. The van der Waals surface area contributed by atoms with E-state index in [4.69, 9.17) is 9.57 Å². The quantitative estimate of drug-likeness (QED) is 0.832. The Bertz CT molecular complexity index is 368. The lowest BCUT2D eigenvalue weighted by atomic mass is 10.3. The molecule has 1 unspecified atom stereocenters. The van der Waals surface area contributed by atoms with E-state index in [1.54, 1.807) is 0 Å². The molecule has 1 amide bonds. The van der Waals surface area contributed by atoms with Crippen molar-refractivity contribution in [3.8, 4) is 5.75 Å². The predicted octanol–water partition coefficient (Wildman–Crippen LogP) is 0.590. The van der Waals surface area contributed by atoms with Crippen LogP contribution in [-0.2, 0) is 9.63 Å². The zero-order valence-electron chi connectivity index (χ0n) is 9.41. The van der Waals surface area contributed by atoms with Crippen LogP contribution >= 0.6 is 0 Å². The zero-order chi connectivity index (χ0) is 12.1. The average Bonchev–Trinajstić information content (AvgIpc) is 2.77. The summed E-state index contributed by atoms with van der Waals surface area (Å²) in [5.41, 5.74) is 0. The van der Waals surface area contributed by atoms with Gasteiger partial charge in [-0.15, -0.1) is 0 Å². The van der Waals surface area contributed by atoms with Crippen molar-refractivity contribution in [1.82, 2.24) is 5.06 Å². The highest BCUT2D eigenvalue weighted by Gasteiger charge is 2.25. The number of hydrogen-bond donors (Lipinski definition) is 1. The highest BCUT2D eigenvalue weighted by molar-refractivity contribution is 5.75. The van der Waals surface area contributed by atoms with E-state index in [0.29, 0.717) is 6.61 Å². The molecule has 5 nitrogen and oxygen atoms in total. The van der Waals surface area contributed by atoms with Gasteiger partial charge in [0.05, 0.1) is 25.7 Å². The Kier molecular flexibility index (Phi) is 3.95. The van der Waals surface area contributed by atoms with Crippen molar-refractivity contribution in [2.45, 2.75) is 12.5 Å². The lowest BCUT2D eigenvalue weighted by Gasteiger charge is -2.13. The SMILES string of the molecule is O=C(CCOc1ccccc1)N1CC(O)CO1. The zero-order valence-corrected chi connectivity index (χ0v) is 9.41. The van der Waals surface area contributed by atoms with Crippen molar-refractivity contribution in [2.24, 2.45) is 0 Å². The van der Waals surface area contributed by atoms with Crippen molar-refractivity contribution in [3.63, 3.8) is 0 Å². The van der Waals surface area contributed by atoms with Crippen LogP contribution in [0.15, 0.2) is 30.3 Å². The molecule has 1 aliphatic rings. The number of hydrogen-bond acceptors (Lipinski definition) is 4. The third-order valence-corrected chi connectivity index (χ3v) is 2.41. The summed E-state index contributed by atoms with van der Waals surface area (Å²) < 4.78 is 5.40. The van der Waals surface area contributed by atoms with Gasteiger partial charge in [-0.25, -0.2) is 5.06 Å². The molecular formula is C12H15NO4. The molecule has 0 bridgehead atoms. The fourth-order valence-corrected chi connectivity index (χ4v) is 1.54. The molecule has 0 aliphatic carbocycles. The highest BCUT2D eigenvalue weighted by atomic mass is 16.7. The third-order valence-electron chi connectivity index (χ3n) is 2.41. The third kappa shape index (κ3) is 3.44. The second-order valence-corrected chi connectivity index (χ2v) is 3.82. The Morgan fingerprint density at radius 3 is 2.88 bits per heavy atom. The van der Waals surface area contributed by atoms with Crippen LogP contribution in [0.1, 0.15) is 6.42 Å². The van der Waals surface area contributed by atoms with Gasteiger partial charge in [-0.2, -0.15) is 0 Å². The van der Waals surface area contributed by atoms with E-state index in [0.717, 1.165) is 5.75 Å². The van der Waals surface area contributed by atoms with Crippen molar-refractivity contribution < 1.29 is 19.5 Å². The van der Waals surface area contributed by atoms with E-state index in [9.17, 15) is 9.90 Å². The number of benzene rings is 1. The molecule has 1 aromatic rings. The Morgan fingerprint density at radius 2 is 2.24 bits per heavy atom.